The van der Waals surface area contributed by atoms with E-state index >= 15 is 0 Å². The normalized spacial score (nSPS) is 11.7. The van der Waals surface area contributed by atoms with Crippen LogP contribution in [-0.4, -0.2) is 5.54 Å². The minimum Gasteiger partial charge on any atom is -0.399 e. The minimum atomic E-state index is -0.121. The molecule has 0 amide bonds. The van der Waals surface area contributed by atoms with Crippen LogP contribution in [0.3, 0.4) is 0 Å². The molecular weight excluding hydrogens is 240 g/mol. The average molecular weight is 257 g/mol. The summed E-state index contributed by atoms with van der Waals surface area (Å²) in [5.74, 6) is 0. The van der Waals surface area contributed by atoms with Crippen molar-refractivity contribution in [2.75, 3.05) is 5.73 Å². The van der Waals surface area contributed by atoms with Crippen LogP contribution in [0.1, 0.15) is 25.8 Å². The number of hydrogen-bond donors (Lipinski definition) is 2. The number of anilines is 1. The Balaban J connectivity index is 2.72. The Morgan fingerprint density at radius 2 is 2.00 bits per heavy atom. The highest BCUT2D eigenvalue weighted by Crippen LogP contribution is 2.22. The highest BCUT2D eigenvalue weighted by atomic mass is 79.9. The predicted octanol–water partition coefficient (Wildman–Crippen LogP) is 2.70. The van der Waals surface area contributed by atoms with Gasteiger partial charge in [-0.15, -0.1) is 0 Å². The van der Waals surface area contributed by atoms with Crippen molar-refractivity contribution in [3.05, 3.63) is 28.2 Å². The summed E-state index contributed by atoms with van der Waals surface area (Å²) in [6.45, 7) is 4.07. The molecule has 1 aromatic rings. The van der Waals surface area contributed by atoms with E-state index < -0.39 is 0 Å². The van der Waals surface area contributed by atoms with Gasteiger partial charge in [-0.05, 0) is 50.5 Å². The van der Waals surface area contributed by atoms with Gasteiger partial charge in [0, 0.05) is 15.7 Å². The lowest BCUT2D eigenvalue weighted by Crippen LogP contribution is -2.32. The van der Waals surface area contributed by atoms with Crippen molar-refractivity contribution in [3.63, 3.8) is 0 Å². The molecule has 0 bridgehead atoms. The molecule has 0 aliphatic carbocycles. The van der Waals surface area contributed by atoms with Crippen LogP contribution in [0, 0.1) is 0 Å². The zero-order chi connectivity index (χ0) is 10.8. The predicted molar refractivity (Wildman–Crippen MR) is 65.1 cm³/mol. The number of nitrogens with two attached hydrogens (primary N) is 2. The van der Waals surface area contributed by atoms with Crippen molar-refractivity contribution in [2.45, 2.75) is 32.2 Å². The van der Waals surface area contributed by atoms with E-state index in [0.29, 0.717) is 0 Å². The van der Waals surface area contributed by atoms with Gasteiger partial charge in [0.25, 0.3) is 0 Å². The molecule has 0 radical (unpaired) electrons. The van der Waals surface area contributed by atoms with Crippen LogP contribution in [0.4, 0.5) is 5.69 Å². The van der Waals surface area contributed by atoms with Crippen molar-refractivity contribution in [3.8, 4) is 0 Å². The van der Waals surface area contributed by atoms with Gasteiger partial charge >= 0.3 is 0 Å². The molecule has 0 saturated carbocycles. The molecule has 0 atom stereocenters. The molecule has 0 spiro atoms. The lowest BCUT2D eigenvalue weighted by atomic mass is 9.96. The first-order valence-electron chi connectivity index (χ1n) is 4.71. The Bertz CT molecular complexity index is 316. The van der Waals surface area contributed by atoms with Crippen LogP contribution >= 0.6 is 15.9 Å². The zero-order valence-electron chi connectivity index (χ0n) is 8.68. The topological polar surface area (TPSA) is 52.0 Å². The third kappa shape index (κ3) is 3.68. The number of aryl methyl sites for hydroxylation is 1. The number of hydrogen-bond acceptors (Lipinski definition) is 2. The van der Waals surface area contributed by atoms with Gasteiger partial charge in [-0.3, -0.25) is 0 Å². The second-order valence-corrected chi connectivity index (χ2v) is 5.19. The summed E-state index contributed by atoms with van der Waals surface area (Å²) in [6.07, 6.45) is 1.91. The summed E-state index contributed by atoms with van der Waals surface area (Å²) in [4.78, 5) is 0. The standard InChI is InChI=1S/C11H17BrN2/c1-11(2,14)6-5-8-7-9(13)3-4-10(8)12/h3-4,7H,5-6,13-14H2,1-2H3. The van der Waals surface area contributed by atoms with E-state index in [1.807, 2.05) is 32.0 Å². The van der Waals surface area contributed by atoms with Crippen LogP contribution in [0.15, 0.2) is 22.7 Å². The van der Waals surface area contributed by atoms with Gasteiger partial charge in [-0.1, -0.05) is 15.9 Å². The van der Waals surface area contributed by atoms with Gasteiger partial charge in [0.2, 0.25) is 0 Å². The molecule has 14 heavy (non-hydrogen) atoms. The van der Waals surface area contributed by atoms with Gasteiger partial charge in [0.15, 0.2) is 0 Å². The molecule has 1 rings (SSSR count). The Hall–Kier alpha value is -0.540. The summed E-state index contributed by atoms with van der Waals surface area (Å²) in [5, 5.41) is 0. The summed E-state index contributed by atoms with van der Waals surface area (Å²) in [6, 6.07) is 5.87. The van der Waals surface area contributed by atoms with E-state index in [1.165, 1.54) is 5.56 Å². The maximum absolute atomic E-state index is 5.92. The second kappa shape index (κ2) is 4.32. The van der Waals surface area contributed by atoms with Gasteiger partial charge in [-0.2, -0.15) is 0 Å². The molecule has 0 aromatic heterocycles. The van der Waals surface area contributed by atoms with Gasteiger partial charge in [0.05, 0.1) is 0 Å². The highest BCUT2D eigenvalue weighted by molar-refractivity contribution is 9.10. The van der Waals surface area contributed by atoms with Crippen LogP contribution in [-0.2, 0) is 6.42 Å². The first-order chi connectivity index (χ1) is 6.38. The molecule has 2 nitrogen and oxygen atoms in total. The highest BCUT2D eigenvalue weighted by Gasteiger charge is 2.11. The van der Waals surface area contributed by atoms with E-state index in [0.717, 1.165) is 23.0 Å². The fourth-order valence-electron chi connectivity index (χ4n) is 1.24. The summed E-state index contributed by atoms with van der Waals surface area (Å²) < 4.78 is 1.11. The van der Waals surface area contributed by atoms with E-state index in [9.17, 15) is 0 Å². The maximum Gasteiger partial charge on any atom is 0.0317 e. The minimum absolute atomic E-state index is 0.121. The van der Waals surface area contributed by atoms with Crippen molar-refractivity contribution >= 4 is 21.6 Å². The average Bonchev–Trinajstić information content (AvgIpc) is 2.05. The molecule has 0 saturated heterocycles. The van der Waals surface area contributed by atoms with Crippen LogP contribution < -0.4 is 11.5 Å². The van der Waals surface area contributed by atoms with Crippen LogP contribution in [0.5, 0.6) is 0 Å². The van der Waals surface area contributed by atoms with Crippen molar-refractivity contribution in [1.82, 2.24) is 0 Å². The van der Waals surface area contributed by atoms with Crippen LogP contribution in [0.25, 0.3) is 0 Å². The molecule has 0 unspecified atom stereocenters. The molecule has 1 aromatic carbocycles. The van der Waals surface area contributed by atoms with E-state index in [-0.39, 0.29) is 5.54 Å². The van der Waals surface area contributed by atoms with Crippen molar-refractivity contribution in [1.29, 1.82) is 0 Å². The molecule has 3 heteroatoms. The Morgan fingerprint density at radius 3 is 2.57 bits per heavy atom. The number of nitrogen functional groups attached to an aromatic ring is 1. The fourth-order valence-corrected chi connectivity index (χ4v) is 1.69. The Morgan fingerprint density at radius 1 is 1.36 bits per heavy atom. The largest absolute Gasteiger partial charge is 0.399 e. The molecule has 78 valence electrons. The quantitative estimate of drug-likeness (QED) is 0.818. The smallest absolute Gasteiger partial charge is 0.0317 e. The summed E-state index contributed by atoms with van der Waals surface area (Å²) in [7, 11) is 0. The van der Waals surface area contributed by atoms with Gasteiger partial charge < -0.3 is 11.5 Å². The lowest BCUT2D eigenvalue weighted by molar-refractivity contribution is 0.476. The molecule has 0 fully saturated rings. The Kier molecular flexibility index (Phi) is 3.56. The maximum atomic E-state index is 5.92. The van der Waals surface area contributed by atoms with Crippen LogP contribution in [0.2, 0.25) is 0 Å². The monoisotopic (exact) mass is 256 g/mol. The van der Waals surface area contributed by atoms with E-state index in [2.05, 4.69) is 15.9 Å². The zero-order valence-corrected chi connectivity index (χ0v) is 10.3. The molecule has 0 aliphatic heterocycles. The SMILES string of the molecule is CC(C)(N)CCc1cc(N)ccc1Br. The van der Waals surface area contributed by atoms with Gasteiger partial charge in [0.1, 0.15) is 0 Å². The van der Waals surface area contributed by atoms with Crippen molar-refractivity contribution < 1.29 is 0 Å². The number of halogens is 1. The van der Waals surface area contributed by atoms with E-state index in [4.69, 9.17) is 11.5 Å². The van der Waals surface area contributed by atoms with E-state index in [1.54, 1.807) is 0 Å². The third-order valence-electron chi connectivity index (χ3n) is 2.11. The van der Waals surface area contributed by atoms with Crippen molar-refractivity contribution in [2.24, 2.45) is 5.73 Å². The first kappa shape index (κ1) is 11.5. The molecule has 4 N–H and O–H groups in total. The Labute approximate surface area is 93.8 Å². The third-order valence-corrected chi connectivity index (χ3v) is 2.88. The molecule has 0 aliphatic rings. The molecular formula is C11H17BrN2. The molecule has 0 heterocycles. The lowest BCUT2D eigenvalue weighted by Gasteiger charge is -2.18. The number of benzene rings is 1. The summed E-state index contributed by atoms with van der Waals surface area (Å²) in [5.41, 5.74) is 13.5. The fraction of sp³-hybridized carbons (Fsp3) is 0.455. The first-order valence-corrected chi connectivity index (χ1v) is 5.50. The summed E-state index contributed by atoms with van der Waals surface area (Å²) >= 11 is 3.50. The second-order valence-electron chi connectivity index (χ2n) is 4.34. The number of rotatable bonds is 3. The van der Waals surface area contributed by atoms with Gasteiger partial charge in [-0.25, -0.2) is 0 Å².